The first kappa shape index (κ1) is 12.5. The molecule has 1 atom stereocenters. The molecule has 0 bridgehead atoms. The minimum atomic E-state index is -0.705. The lowest BCUT2D eigenvalue weighted by Gasteiger charge is -2.27. The van der Waals surface area contributed by atoms with Gasteiger partial charge in [0.2, 0.25) is 0 Å². The molecule has 0 aromatic heterocycles. The fraction of sp³-hybridized carbons (Fsp3) is 0.909. The minimum absolute atomic E-state index is 0.692. The van der Waals surface area contributed by atoms with Crippen molar-refractivity contribution in [3.8, 4) is 0 Å². The quantitative estimate of drug-likeness (QED) is 0.731. The zero-order valence-corrected chi connectivity index (χ0v) is 9.75. The van der Waals surface area contributed by atoms with Crippen LogP contribution in [0.1, 0.15) is 32.6 Å². The van der Waals surface area contributed by atoms with Crippen LogP contribution in [0.2, 0.25) is 0 Å². The summed E-state index contributed by atoms with van der Waals surface area (Å²) in [5.41, 5.74) is -0.692. The molecule has 1 heterocycles. The van der Waals surface area contributed by atoms with Gasteiger partial charge in [-0.15, -0.1) is 0 Å². The topological polar surface area (TPSA) is 52.6 Å². The Hall–Kier alpha value is -0.610. The van der Waals surface area contributed by atoms with E-state index in [-0.39, 0.29) is 0 Å². The number of hydrogen-bond donors (Lipinski definition) is 2. The van der Waals surface area contributed by atoms with E-state index in [4.69, 9.17) is 0 Å². The Balaban J connectivity index is 2.60. The van der Waals surface area contributed by atoms with E-state index in [1.807, 2.05) is 0 Å². The molecule has 4 heteroatoms. The molecule has 1 aliphatic rings. The molecule has 1 unspecified atom stereocenters. The number of nitrogens with one attached hydrogen (secondary N) is 1. The average molecular weight is 214 g/mol. The summed E-state index contributed by atoms with van der Waals surface area (Å²) in [7, 11) is 1.75. The number of aliphatic carboxylic acids is 1. The number of nitrogens with zero attached hydrogens (tertiary/aromatic N) is 1. The Morgan fingerprint density at radius 2 is 2.20 bits per heavy atom. The summed E-state index contributed by atoms with van der Waals surface area (Å²) in [5, 5.41) is 12.2. The van der Waals surface area contributed by atoms with Crippen molar-refractivity contribution in [3.05, 3.63) is 0 Å². The summed E-state index contributed by atoms with van der Waals surface area (Å²) in [6.45, 7) is 5.17. The van der Waals surface area contributed by atoms with Crippen molar-refractivity contribution in [1.29, 1.82) is 0 Å². The molecule has 0 radical (unpaired) electrons. The van der Waals surface area contributed by atoms with Crippen molar-refractivity contribution in [2.45, 2.75) is 38.1 Å². The lowest BCUT2D eigenvalue weighted by molar-refractivity contribution is -0.145. The summed E-state index contributed by atoms with van der Waals surface area (Å²) in [5.74, 6) is -0.705. The Labute approximate surface area is 91.6 Å². The molecule has 0 aromatic carbocycles. The van der Waals surface area contributed by atoms with Crippen LogP contribution >= 0.6 is 0 Å². The van der Waals surface area contributed by atoms with E-state index in [9.17, 15) is 9.90 Å². The predicted molar refractivity (Wildman–Crippen MR) is 60.0 cm³/mol. The van der Waals surface area contributed by atoms with Gasteiger partial charge in [0.25, 0.3) is 0 Å². The van der Waals surface area contributed by atoms with E-state index in [2.05, 4.69) is 17.1 Å². The maximum absolute atomic E-state index is 11.2. The summed E-state index contributed by atoms with van der Waals surface area (Å²) < 4.78 is 0. The smallest absolute Gasteiger partial charge is 0.323 e. The van der Waals surface area contributed by atoms with E-state index in [1.165, 1.54) is 0 Å². The van der Waals surface area contributed by atoms with Gasteiger partial charge in [-0.05, 0) is 45.8 Å². The Bertz CT molecular complexity index is 221. The highest BCUT2D eigenvalue weighted by Crippen LogP contribution is 2.22. The third-order valence-electron chi connectivity index (χ3n) is 3.36. The second-order valence-electron chi connectivity index (χ2n) is 4.33. The molecule has 1 rings (SSSR count). The monoisotopic (exact) mass is 214 g/mol. The van der Waals surface area contributed by atoms with Crippen LogP contribution in [0.3, 0.4) is 0 Å². The molecule has 1 fully saturated rings. The van der Waals surface area contributed by atoms with E-state index in [1.54, 1.807) is 7.05 Å². The van der Waals surface area contributed by atoms with Crippen LogP contribution in [0, 0.1) is 0 Å². The lowest BCUT2D eigenvalue weighted by atomic mass is 9.91. The average Bonchev–Trinajstić information content (AvgIpc) is 2.42. The molecule has 0 spiro atoms. The maximum atomic E-state index is 11.2. The highest BCUT2D eigenvalue weighted by Gasteiger charge is 2.37. The third kappa shape index (κ3) is 2.92. The first-order chi connectivity index (χ1) is 7.14. The standard InChI is InChI=1S/C11H22N2O2/c1-3-7-13-8-4-5-11(12-2,6-9-13)10(14)15/h12H,3-9H2,1-2H3,(H,14,15). The molecule has 0 saturated carbocycles. The molecular weight excluding hydrogens is 192 g/mol. The lowest BCUT2D eigenvalue weighted by Crippen LogP contribution is -2.50. The van der Waals surface area contributed by atoms with Crippen molar-refractivity contribution in [1.82, 2.24) is 10.2 Å². The summed E-state index contributed by atoms with van der Waals surface area (Å²) in [6, 6.07) is 0. The van der Waals surface area contributed by atoms with Gasteiger partial charge in [0.1, 0.15) is 5.54 Å². The van der Waals surface area contributed by atoms with Crippen LogP contribution in [0.4, 0.5) is 0 Å². The predicted octanol–water partition coefficient (Wildman–Crippen LogP) is 0.925. The van der Waals surface area contributed by atoms with Gasteiger partial charge in [-0.25, -0.2) is 0 Å². The molecule has 15 heavy (non-hydrogen) atoms. The maximum Gasteiger partial charge on any atom is 0.323 e. The van der Waals surface area contributed by atoms with Gasteiger partial charge in [-0.2, -0.15) is 0 Å². The molecule has 88 valence electrons. The first-order valence-electron chi connectivity index (χ1n) is 5.79. The fourth-order valence-electron chi connectivity index (χ4n) is 2.30. The van der Waals surface area contributed by atoms with E-state index in [0.29, 0.717) is 6.42 Å². The van der Waals surface area contributed by atoms with Gasteiger partial charge in [0.05, 0.1) is 0 Å². The summed E-state index contributed by atoms with van der Waals surface area (Å²) >= 11 is 0. The number of rotatable bonds is 4. The molecule has 0 aliphatic carbocycles. The summed E-state index contributed by atoms with van der Waals surface area (Å²) in [6.07, 6.45) is 3.55. The minimum Gasteiger partial charge on any atom is -0.480 e. The normalized spacial score (nSPS) is 28.7. The molecule has 0 aromatic rings. The van der Waals surface area contributed by atoms with Crippen molar-refractivity contribution in [3.63, 3.8) is 0 Å². The number of likely N-dealkylation sites (N-methyl/N-ethyl adjacent to an activating group) is 1. The molecular formula is C11H22N2O2. The van der Waals surface area contributed by atoms with Gasteiger partial charge >= 0.3 is 5.97 Å². The third-order valence-corrected chi connectivity index (χ3v) is 3.36. The van der Waals surface area contributed by atoms with Crippen molar-refractivity contribution in [2.75, 3.05) is 26.7 Å². The molecule has 0 amide bonds. The van der Waals surface area contributed by atoms with Crippen LogP contribution in [-0.4, -0.2) is 48.2 Å². The number of likely N-dealkylation sites (tertiary alicyclic amines) is 1. The van der Waals surface area contributed by atoms with E-state index in [0.717, 1.165) is 38.9 Å². The molecule has 4 nitrogen and oxygen atoms in total. The molecule has 1 saturated heterocycles. The Kier molecular flexibility index (Phi) is 4.54. The van der Waals surface area contributed by atoms with Crippen LogP contribution in [-0.2, 0) is 4.79 Å². The number of carboxylic acids is 1. The molecule has 2 N–H and O–H groups in total. The van der Waals surface area contributed by atoms with Crippen LogP contribution in [0.5, 0.6) is 0 Å². The second-order valence-corrected chi connectivity index (χ2v) is 4.33. The number of carboxylic acid groups (broad SMARTS) is 1. The van der Waals surface area contributed by atoms with Crippen LogP contribution in [0.25, 0.3) is 0 Å². The fourth-order valence-corrected chi connectivity index (χ4v) is 2.30. The number of carbonyl (C=O) groups is 1. The van der Waals surface area contributed by atoms with Crippen LogP contribution < -0.4 is 5.32 Å². The Morgan fingerprint density at radius 1 is 1.47 bits per heavy atom. The second kappa shape index (κ2) is 5.47. The van der Waals surface area contributed by atoms with Gasteiger partial charge in [-0.3, -0.25) is 4.79 Å². The summed E-state index contributed by atoms with van der Waals surface area (Å²) in [4.78, 5) is 13.6. The van der Waals surface area contributed by atoms with E-state index >= 15 is 0 Å². The van der Waals surface area contributed by atoms with Gasteiger partial charge < -0.3 is 15.3 Å². The van der Waals surface area contributed by atoms with Crippen LogP contribution in [0.15, 0.2) is 0 Å². The first-order valence-corrected chi connectivity index (χ1v) is 5.79. The van der Waals surface area contributed by atoms with Gasteiger partial charge in [-0.1, -0.05) is 6.92 Å². The van der Waals surface area contributed by atoms with Crippen molar-refractivity contribution in [2.24, 2.45) is 0 Å². The number of hydrogen-bond acceptors (Lipinski definition) is 3. The van der Waals surface area contributed by atoms with Gasteiger partial charge in [0, 0.05) is 6.54 Å². The zero-order chi connectivity index (χ0) is 11.3. The van der Waals surface area contributed by atoms with Crippen molar-refractivity contribution < 1.29 is 9.90 Å². The SMILES string of the molecule is CCCN1CCCC(NC)(C(=O)O)CC1. The Morgan fingerprint density at radius 3 is 2.73 bits per heavy atom. The zero-order valence-electron chi connectivity index (χ0n) is 9.75. The molecule has 1 aliphatic heterocycles. The highest BCUT2D eigenvalue weighted by molar-refractivity contribution is 5.78. The van der Waals surface area contributed by atoms with Gasteiger partial charge in [0.15, 0.2) is 0 Å². The highest BCUT2D eigenvalue weighted by atomic mass is 16.4. The largest absolute Gasteiger partial charge is 0.480 e. The van der Waals surface area contributed by atoms with E-state index < -0.39 is 11.5 Å². The van der Waals surface area contributed by atoms with Crippen molar-refractivity contribution >= 4 is 5.97 Å².